The minimum absolute atomic E-state index is 0.0115. The molecule has 1 fully saturated rings. The van der Waals surface area contributed by atoms with Gasteiger partial charge in [-0.05, 0) is 25.0 Å². The molecule has 92 valence electrons. The van der Waals surface area contributed by atoms with Gasteiger partial charge in [-0.25, -0.2) is 8.78 Å². The van der Waals surface area contributed by atoms with Crippen LogP contribution in [0.2, 0.25) is 0 Å². The number of nitrogens with one attached hydrogen (secondary N) is 2. The molecular formula is C12H14F2N2O. The summed E-state index contributed by atoms with van der Waals surface area (Å²) in [7, 11) is 0. The van der Waals surface area contributed by atoms with E-state index in [2.05, 4.69) is 10.6 Å². The van der Waals surface area contributed by atoms with Gasteiger partial charge in [-0.1, -0.05) is 0 Å². The predicted molar refractivity (Wildman–Crippen MR) is 60.6 cm³/mol. The minimum atomic E-state index is -0.881. The largest absolute Gasteiger partial charge is 0.382 e. The lowest BCUT2D eigenvalue weighted by atomic mass is 10.1. The fourth-order valence-electron chi connectivity index (χ4n) is 1.92. The third-order valence-corrected chi connectivity index (χ3v) is 2.77. The van der Waals surface area contributed by atoms with Crippen LogP contribution >= 0.6 is 0 Å². The topological polar surface area (TPSA) is 41.1 Å². The highest BCUT2D eigenvalue weighted by molar-refractivity contribution is 5.77. The number of halogens is 2. The van der Waals surface area contributed by atoms with E-state index in [-0.39, 0.29) is 11.9 Å². The van der Waals surface area contributed by atoms with Gasteiger partial charge in [-0.2, -0.15) is 0 Å². The van der Waals surface area contributed by atoms with E-state index in [1.807, 2.05) is 0 Å². The Hall–Kier alpha value is -1.65. The summed E-state index contributed by atoms with van der Waals surface area (Å²) in [5, 5.41) is 5.82. The Labute approximate surface area is 98.2 Å². The van der Waals surface area contributed by atoms with E-state index in [0.717, 1.165) is 25.0 Å². The van der Waals surface area contributed by atoms with E-state index in [4.69, 9.17) is 0 Å². The zero-order valence-electron chi connectivity index (χ0n) is 9.30. The Balaban J connectivity index is 2.03. The van der Waals surface area contributed by atoms with Gasteiger partial charge < -0.3 is 10.6 Å². The molecule has 3 nitrogen and oxygen atoms in total. The van der Waals surface area contributed by atoms with Crippen LogP contribution in [0.3, 0.4) is 0 Å². The average Bonchev–Trinajstić information content (AvgIpc) is 2.48. The van der Waals surface area contributed by atoms with Gasteiger partial charge in [0.1, 0.15) is 0 Å². The SMILES string of the molecule is O=C1CC(Nc2ccc(F)c(F)c2)CCCN1. The van der Waals surface area contributed by atoms with Gasteiger partial charge in [0.05, 0.1) is 0 Å². The molecule has 0 aliphatic carbocycles. The summed E-state index contributed by atoms with van der Waals surface area (Å²) in [6, 6.07) is 3.63. The van der Waals surface area contributed by atoms with Crippen LogP contribution in [0.1, 0.15) is 19.3 Å². The molecule has 1 aliphatic heterocycles. The van der Waals surface area contributed by atoms with Crippen molar-refractivity contribution < 1.29 is 13.6 Å². The van der Waals surface area contributed by atoms with Crippen LogP contribution in [0.4, 0.5) is 14.5 Å². The Kier molecular flexibility index (Phi) is 3.56. The summed E-state index contributed by atoms with van der Waals surface area (Å²) >= 11 is 0. The molecule has 1 atom stereocenters. The Morgan fingerprint density at radius 1 is 1.29 bits per heavy atom. The van der Waals surface area contributed by atoms with Gasteiger partial charge in [-0.15, -0.1) is 0 Å². The molecular weight excluding hydrogens is 226 g/mol. The van der Waals surface area contributed by atoms with Gasteiger partial charge in [-0.3, -0.25) is 4.79 Å². The molecule has 0 bridgehead atoms. The van der Waals surface area contributed by atoms with Crippen LogP contribution in [0, 0.1) is 11.6 Å². The van der Waals surface area contributed by atoms with Crippen molar-refractivity contribution in [1.29, 1.82) is 0 Å². The molecule has 5 heteroatoms. The number of carbonyl (C=O) groups excluding carboxylic acids is 1. The van der Waals surface area contributed by atoms with Gasteiger partial charge in [0.25, 0.3) is 0 Å². The standard InChI is InChI=1S/C12H14F2N2O/c13-10-4-3-9(6-11(10)14)16-8-2-1-5-15-12(17)7-8/h3-4,6,8,16H,1-2,5,7H2,(H,15,17). The maximum atomic E-state index is 13.0. The molecule has 1 aromatic rings. The monoisotopic (exact) mass is 240 g/mol. The van der Waals surface area contributed by atoms with E-state index < -0.39 is 11.6 Å². The van der Waals surface area contributed by atoms with Gasteiger partial charge >= 0.3 is 0 Å². The van der Waals surface area contributed by atoms with E-state index in [1.165, 1.54) is 6.07 Å². The average molecular weight is 240 g/mol. The van der Waals surface area contributed by atoms with Crippen molar-refractivity contribution in [3.8, 4) is 0 Å². The lowest BCUT2D eigenvalue weighted by molar-refractivity contribution is -0.120. The molecule has 0 radical (unpaired) electrons. The third kappa shape index (κ3) is 3.15. The van der Waals surface area contributed by atoms with Crippen molar-refractivity contribution >= 4 is 11.6 Å². The Morgan fingerprint density at radius 3 is 2.88 bits per heavy atom. The van der Waals surface area contributed by atoms with Crippen LogP contribution in [0.15, 0.2) is 18.2 Å². The van der Waals surface area contributed by atoms with E-state index in [1.54, 1.807) is 0 Å². The number of amides is 1. The fraction of sp³-hybridized carbons (Fsp3) is 0.417. The zero-order valence-corrected chi connectivity index (χ0v) is 9.30. The second-order valence-electron chi connectivity index (χ2n) is 4.17. The number of hydrogen-bond donors (Lipinski definition) is 2. The smallest absolute Gasteiger partial charge is 0.222 e. The first-order valence-corrected chi connectivity index (χ1v) is 5.63. The lowest BCUT2D eigenvalue weighted by Crippen LogP contribution is -2.26. The van der Waals surface area contributed by atoms with Crippen molar-refractivity contribution in [3.63, 3.8) is 0 Å². The maximum absolute atomic E-state index is 13.0. The molecule has 0 spiro atoms. The van der Waals surface area contributed by atoms with Gasteiger partial charge in [0.2, 0.25) is 5.91 Å². The third-order valence-electron chi connectivity index (χ3n) is 2.77. The van der Waals surface area contributed by atoms with Crippen LogP contribution in [0.5, 0.6) is 0 Å². The van der Waals surface area contributed by atoms with Crippen LogP contribution in [-0.4, -0.2) is 18.5 Å². The van der Waals surface area contributed by atoms with E-state index >= 15 is 0 Å². The van der Waals surface area contributed by atoms with Crippen molar-refractivity contribution in [2.45, 2.75) is 25.3 Å². The second kappa shape index (κ2) is 5.12. The highest BCUT2D eigenvalue weighted by atomic mass is 19.2. The second-order valence-corrected chi connectivity index (χ2v) is 4.17. The van der Waals surface area contributed by atoms with E-state index in [0.29, 0.717) is 18.7 Å². The van der Waals surface area contributed by atoms with Crippen LogP contribution < -0.4 is 10.6 Å². The van der Waals surface area contributed by atoms with Gasteiger partial charge in [0.15, 0.2) is 11.6 Å². The summed E-state index contributed by atoms with van der Waals surface area (Å²) in [5.74, 6) is -1.76. The first-order chi connectivity index (χ1) is 8.15. The molecule has 1 amide bonds. The molecule has 2 N–H and O–H groups in total. The fourth-order valence-corrected chi connectivity index (χ4v) is 1.92. The number of carbonyl (C=O) groups is 1. The number of rotatable bonds is 2. The van der Waals surface area contributed by atoms with Crippen LogP contribution in [0.25, 0.3) is 0 Å². The summed E-state index contributed by atoms with van der Waals surface area (Å²) in [6.45, 7) is 0.675. The first-order valence-electron chi connectivity index (χ1n) is 5.63. The van der Waals surface area contributed by atoms with Crippen molar-refractivity contribution in [2.24, 2.45) is 0 Å². The normalized spacial score (nSPS) is 20.6. The number of hydrogen-bond acceptors (Lipinski definition) is 2. The van der Waals surface area contributed by atoms with E-state index in [9.17, 15) is 13.6 Å². The molecule has 17 heavy (non-hydrogen) atoms. The maximum Gasteiger partial charge on any atom is 0.222 e. The highest BCUT2D eigenvalue weighted by Crippen LogP contribution is 2.17. The molecule has 1 aromatic carbocycles. The predicted octanol–water partition coefficient (Wildman–Crippen LogP) is 2.05. The van der Waals surface area contributed by atoms with Gasteiger partial charge in [0, 0.05) is 30.8 Å². The quantitative estimate of drug-likeness (QED) is 0.830. The molecule has 1 heterocycles. The number of benzene rings is 1. The highest BCUT2D eigenvalue weighted by Gasteiger charge is 2.17. The first kappa shape index (κ1) is 11.8. The zero-order chi connectivity index (χ0) is 12.3. The molecule has 1 unspecified atom stereocenters. The summed E-state index contributed by atoms with van der Waals surface area (Å²) < 4.78 is 25.7. The van der Waals surface area contributed by atoms with Crippen molar-refractivity contribution in [2.75, 3.05) is 11.9 Å². The molecule has 1 saturated heterocycles. The molecule has 0 aromatic heterocycles. The molecule has 2 rings (SSSR count). The minimum Gasteiger partial charge on any atom is -0.382 e. The summed E-state index contributed by atoms with van der Waals surface area (Å²) in [6.07, 6.45) is 2.07. The van der Waals surface area contributed by atoms with Crippen molar-refractivity contribution in [1.82, 2.24) is 5.32 Å². The Bertz CT molecular complexity index is 423. The molecule has 1 aliphatic rings. The number of anilines is 1. The summed E-state index contributed by atoms with van der Waals surface area (Å²) in [5.41, 5.74) is 0.503. The van der Waals surface area contributed by atoms with Crippen LogP contribution in [-0.2, 0) is 4.79 Å². The summed E-state index contributed by atoms with van der Waals surface area (Å²) in [4.78, 5) is 11.3. The lowest BCUT2D eigenvalue weighted by Gasteiger charge is -2.16. The Morgan fingerprint density at radius 2 is 2.12 bits per heavy atom. The molecule has 0 saturated carbocycles. The van der Waals surface area contributed by atoms with Crippen molar-refractivity contribution in [3.05, 3.63) is 29.8 Å².